The van der Waals surface area contributed by atoms with E-state index in [1.54, 1.807) is 0 Å². The molecule has 1 N–H and O–H groups in total. The van der Waals surface area contributed by atoms with Gasteiger partial charge in [0.1, 0.15) is 6.33 Å². The van der Waals surface area contributed by atoms with Gasteiger partial charge in [-0.25, -0.2) is 9.97 Å². The summed E-state index contributed by atoms with van der Waals surface area (Å²) in [4.78, 5) is 8.11. The molecule has 0 saturated carbocycles. The molecule has 0 radical (unpaired) electrons. The van der Waals surface area contributed by atoms with Crippen LogP contribution in [-0.2, 0) is 19.3 Å². The summed E-state index contributed by atoms with van der Waals surface area (Å²) in [5.74, 6) is 0. The van der Waals surface area contributed by atoms with E-state index in [0.29, 0.717) is 25.2 Å². The van der Waals surface area contributed by atoms with Gasteiger partial charge in [-0.1, -0.05) is 0 Å². The first-order valence-electron chi connectivity index (χ1n) is 5.72. The highest BCUT2D eigenvalue weighted by Crippen LogP contribution is 2.31. The van der Waals surface area contributed by atoms with Gasteiger partial charge in [-0.2, -0.15) is 9.78 Å². The highest BCUT2D eigenvalue weighted by atomic mass is 19.4. The van der Waals surface area contributed by atoms with Crippen LogP contribution in [0.2, 0.25) is 0 Å². The van der Waals surface area contributed by atoms with Gasteiger partial charge in [0.25, 0.3) is 0 Å². The Morgan fingerprint density at radius 3 is 2.89 bits per heavy atom. The van der Waals surface area contributed by atoms with Crippen LogP contribution in [-0.4, -0.2) is 26.3 Å². The van der Waals surface area contributed by atoms with Crippen LogP contribution in [0, 0.1) is 0 Å². The summed E-state index contributed by atoms with van der Waals surface area (Å²) in [6.45, 7) is 1.25. The minimum atomic E-state index is -4.55. The first-order chi connectivity index (χ1) is 9.07. The van der Waals surface area contributed by atoms with Crippen LogP contribution >= 0.6 is 0 Å². The molecule has 3 heterocycles. The van der Waals surface area contributed by atoms with Gasteiger partial charge in [-0.3, -0.25) is 0 Å². The third kappa shape index (κ3) is 2.07. The standard InChI is InChI=1S/C11H10F3N5/c12-11(13,14)19-9(2-4-18-19)10-7-1-3-15-5-8(7)16-6-17-10/h2,4,6,15H,1,3,5H2. The molecule has 0 spiro atoms. The molecule has 0 aromatic carbocycles. The zero-order valence-electron chi connectivity index (χ0n) is 9.78. The summed E-state index contributed by atoms with van der Waals surface area (Å²) in [5.41, 5.74) is 1.76. The summed E-state index contributed by atoms with van der Waals surface area (Å²) in [6.07, 6.45) is -1.54. The van der Waals surface area contributed by atoms with Crippen molar-refractivity contribution < 1.29 is 13.2 Å². The predicted molar refractivity (Wildman–Crippen MR) is 60.0 cm³/mol. The van der Waals surface area contributed by atoms with Crippen molar-refractivity contribution in [2.24, 2.45) is 0 Å². The summed E-state index contributed by atoms with van der Waals surface area (Å²) >= 11 is 0. The van der Waals surface area contributed by atoms with Gasteiger partial charge in [-0.15, -0.1) is 13.2 Å². The maximum absolute atomic E-state index is 12.8. The Kier molecular flexibility index (Phi) is 2.74. The zero-order chi connectivity index (χ0) is 13.5. The van der Waals surface area contributed by atoms with Crippen LogP contribution in [0.1, 0.15) is 11.3 Å². The van der Waals surface area contributed by atoms with Crippen molar-refractivity contribution in [1.82, 2.24) is 25.1 Å². The maximum Gasteiger partial charge on any atom is 0.505 e. The largest absolute Gasteiger partial charge is 0.505 e. The Bertz CT molecular complexity index is 605. The van der Waals surface area contributed by atoms with Crippen molar-refractivity contribution in [2.45, 2.75) is 19.3 Å². The van der Waals surface area contributed by atoms with E-state index in [1.165, 1.54) is 12.4 Å². The number of aromatic nitrogens is 4. The molecule has 19 heavy (non-hydrogen) atoms. The molecule has 2 aromatic rings. The highest BCUT2D eigenvalue weighted by molar-refractivity contribution is 5.60. The molecule has 0 fully saturated rings. The van der Waals surface area contributed by atoms with Crippen molar-refractivity contribution in [3.05, 3.63) is 29.8 Å². The molecule has 100 valence electrons. The number of rotatable bonds is 1. The predicted octanol–water partition coefficient (Wildman–Crippen LogP) is 1.46. The van der Waals surface area contributed by atoms with E-state index in [4.69, 9.17) is 0 Å². The smallest absolute Gasteiger partial charge is 0.311 e. The Morgan fingerprint density at radius 1 is 1.26 bits per heavy atom. The molecule has 0 saturated heterocycles. The lowest BCUT2D eigenvalue weighted by molar-refractivity contribution is -0.211. The Hall–Kier alpha value is -1.96. The van der Waals surface area contributed by atoms with Gasteiger partial charge >= 0.3 is 6.30 Å². The second-order valence-corrected chi connectivity index (χ2v) is 4.17. The quantitative estimate of drug-likeness (QED) is 0.851. The molecule has 0 unspecified atom stereocenters. The van der Waals surface area contributed by atoms with Crippen LogP contribution < -0.4 is 5.32 Å². The minimum Gasteiger partial charge on any atom is -0.311 e. The normalized spacial score (nSPS) is 15.3. The highest BCUT2D eigenvalue weighted by Gasteiger charge is 2.35. The van der Waals surface area contributed by atoms with Gasteiger partial charge in [0, 0.05) is 18.3 Å². The summed E-state index contributed by atoms with van der Waals surface area (Å²) in [5, 5.41) is 6.45. The van der Waals surface area contributed by atoms with Gasteiger partial charge in [-0.05, 0) is 19.0 Å². The molecule has 0 bridgehead atoms. The fourth-order valence-corrected chi connectivity index (χ4v) is 2.19. The summed E-state index contributed by atoms with van der Waals surface area (Å²) in [7, 11) is 0. The molecule has 8 heteroatoms. The number of nitrogens with zero attached hydrogens (tertiary/aromatic N) is 4. The molecular formula is C11H10F3N5. The van der Waals surface area contributed by atoms with Crippen LogP contribution in [0.25, 0.3) is 11.4 Å². The Balaban J connectivity index is 2.16. The second kappa shape index (κ2) is 4.30. The van der Waals surface area contributed by atoms with E-state index < -0.39 is 6.30 Å². The monoisotopic (exact) mass is 269 g/mol. The van der Waals surface area contributed by atoms with Crippen molar-refractivity contribution in [3.8, 4) is 11.4 Å². The number of hydrogen-bond donors (Lipinski definition) is 1. The molecule has 2 aromatic heterocycles. The lowest BCUT2D eigenvalue weighted by atomic mass is 10.0. The summed E-state index contributed by atoms with van der Waals surface area (Å²) < 4.78 is 38.6. The number of alkyl halides is 3. The van der Waals surface area contributed by atoms with Gasteiger partial charge in [0.05, 0.1) is 17.1 Å². The SMILES string of the molecule is FC(F)(F)n1nccc1-c1ncnc2c1CCNC2. The minimum absolute atomic E-state index is 0.0393. The van der Waals surface area contributed by atoms with E-state index in [1.807, 2.05) is 0 Å². The van der Waals surface area contributed by atoms with Crippen LogP contribution in [0.15, 0.2) is 18.6 Å². The second-order valence-electron chi connectivity index (χ2n) is 4.17. The third-order valence-electron chi connectivity index (χ3n) is 3.00. The van der Waals surface area contributed by atoms with Crippen molar-refractivity contribution in [2.75, 3.05) is 6.54 Å². The van der Waals surface area contributed by atoms with E-state index in [0.717, 1.165) is 17.5 Å². The van der Waals surface area contributed by atoms with E-state index in [-0.39, 0.29) is 10.4 Å². The van der Waals surface area contributed by atoms with Crippen molar-refractivity contribution in [1.29, 1.82) is 0 Å². The molecule has 0 atom stereocenters. The molecule has 1 aliphatic rings. The van der Waals surface area contributed by atoms with Crippen molar-refractivity contribution >= 4 is 0 Å². The average molecular weight is 269 g/mol. The Morgan fingerprint density at radius 2 is 2.11 bits per heavy atom. The first kappa shape index (κ1) is 12.1. The lowest BCUT2D eigenvalue weighted by Crippen LogP contribution is -2.26. The maximum atomic E-state index is 12.8. The summed E-state index contributed by atoms with van der Waals surface area (Å²) in [6, 6.07) is 1.32. The lowest BCUT2D eigenvalue weighted by Gasteiger charge is -2.19. The van der Waals surface area contributed by atoms with Gasteiger partial charge < -0.3 is 5.32 Å². The molecule has 0 amide bonds. The van der Waals surface area contributed by atoms with Gasteiger partial charge in [0.2, 0.25) is 0 Å². The van der Waals surface area contributed by atoms with Gasteiger partial charge in [0.15, 0.2) is 0 Å². The number of halogens is 3. The van der Waals surface area contributed by atoms with E-state index in [2.05, 4.69) is 20.4 Å². The third-order valence-corrected chi connectivity index (χ3v) is 3.00. The molecule has 0 aliphatic carbocycles. The molecule has 3 rings (SSSR count). The molecule has 1 aliphatic heterocycles. The van der Waals surface area contributed by atoms with E-state index in [9.17, 15) is 13.2 Å². The number of hydrogen-bond acceptors (Lipinski definition) is 4. The van der Waals surface area contributed by atoms with Crippen LogP contribution in [0.5, 0.6) is 0 Å². The zero-order valence-corrected chi connectivity index (χ0v) is 9.78. The first-order valence-corrected chi connectivity index (χ1v) is 5.72. The average Bonchev–Trinajstić information content (AvgIpc) is 2.87. The number of nitrogens with one attached hydrogen (secondary N) is 1. The topological polar surface area (TPSA) is 55.6 Å². The van der Waals surface area contributed by atoms with Crippen molar-refractivity contribution in [3.63, 3.8) is 0 Å². The molecule has 5 nitrogen and oxygen atoms in total. The fourth-order valence-electron chi connectivity index (χ4n) is 2.19. The van der Waals surface area contributed by atoms with Crippen LogP contribution in [0.4, 0.5) is 13.2 Å². The molecular weight excluding hydrogens is 259 g/mol. The Labute approximate surface area is 106 Å². The van der Waals surface area contributed by atoms with E-state index >= 15 is 0 Å². The van der Waals surface area contributed by atoms with Crippen LogP contribution in [0.3, 0.4) is 0 Å². The fraction of sp³-hybridized carbons (Fsp3) is 0.364. The number of fused-ring (bicyclic) bond motifs is 1.